The topological polar surface area (TPSA) is 131 Å². The molecule has 2 unspecified atom stereocenters. The second kappa shape index (κ2) is 12.7. The highest BCUT2D eigenvalue weighted by molar-refractivity contribution is 7.89. The van der Waals surface area contributed by atoms with Crippen LogP contribution in [-0.4, -0.2) is 51.4 Å². The van der Waals surface area contributed by atoms with Crippen molar-refractivity contribution in [2.75, 3.05) is 13.2 Å². The molecule has 1 heterocycles. The summed E-state index contributed by atoms with van der Waals surface area (Å²) in [6, 6.07) is 6.58. The van der Waals surface area contributed by atoms with Crippen LogP contribution in [0.2, 0.25) is 0 Å². The molecule has 178 valence electrons. The summed E-state index contributed by atoms with van der Waals surface area (Å²) >= 11 is 0. The molecular weight excluding hydrogens is 434 g/mol. The predicted molar refractivity (Wildman–Crippen MR) is 119 cm³/mol. The van der Waals surface area contributed by atoms with Crippen LogP contribution in [0.4, 0.5) is 0 Å². The molecule has 3 N–H and O–H groups in total. The molecule has 9 nitrogen and oxygen atoms in total. The third kappa shape index (κ3) is 8.33. The Balaban J connectivity index is 2.16. The number of benzene rings is 1. The zero-order valence-electron chi connectivity index (χ0n) is 18.6. The smallest absolute Gasteiger partial charge is 0.292 e. The first kappa shape index (κ1) is 26.0. The average molecular weight is 468 g/mol. The van der Waals surface area contributed by atoms with Crippen molar-refractivity contribution in [1.29, 1.82) is 0 Å². The zero-order valence-corrected chi connectivity index (χ0v) is 19.4. The third-order valence-corrected chi connectivity index (χ3v) is 6.49. The van der Waals surface area contributed by atoms with E-state index in [0.29, 0.717) is 13.0 Å². The van der Waals surface area contributed by atoms with Crippen molar-refractivity contribution < 1.29 is 27.5 Å². The number of carbonyl (C=O) groups excluding carboxylic acids is 3. The summed E-state index contributed by atoms with van der Waals surface area (Å²) < 4.78 is 33.4. The molecule has 2 amide bonds. The maximum Gasteiger partial charge on any atom is 0.292 e. The maximum absolute atomic E-state index is 13.0. The monoisotopic (exact) mass is 467 g/mol. The molecule has 2 atom stereocenters. The Hall–Kier alpha value is -2.30. The standard InChI is InChI=1S/C22H33N3O6S/c1-16(2)15-18(25-32(29,30)17-11-7-6-8-12-17)20(27)24-22-19(26)21(28)23-13-9-4-3-5-10-14-31-22/h6-8,11-12,16,18,22,25H,3-5,9-10,13-15H2,1-2H3,(H,23,28)(H,24,27). The van der Waals surface area contributed by atoms with Gasteiger partial charge in [0.1, 0.15) is 6.04 Å². The number of ether oxygens (including phenoxy) is 1. The highest BCUT2D eigenvalue weighted by Crippen LogP contribution is 2.13. The van der Waals surface area contributed by atoms with E-state index >= 15 is 0 Å². The van der Waals surface area contributed by atoms with Gasteiger partial charge < -0.3 is 15.4 Å². The highest BCUT2D eigenvalue weighted by Gasteiger charge is 2.32. The molecule has 1 fully saturated rings. The molecule has 1 aromatic rings. The van der Waals surface area contributed by atoms with Crippen LogP contribution in [0, 0.1) is 5.92 Å². The summed E-state index contributed by atoms with van der Waals surface area (Å²) in [4.78, 5) is 37.7. The largest absolute Gasteiger partial charge is 0.351 e. The third-order valence-electron chi connectivity index (χ3n) is 5.00. The van der Waals surface area contributed by atoms with Crippen molar-refractivity contribution >= 4 is 27.6 Å². The zero-order chi connectivity index (χ0) is 23.6. The molecule has 32 heavy (non-hydrogen) atoms. The van der Waals surface area contributed by atoms with Gasteiger partial charge in [-0.05, 0) is 37.3 Å². The van der Waals surface area contributed by atoms with E-state index in [4.69, 9.17) is 4.74 Å². The minimum absolute atomic E-state index is 0.0135. The van der Waals surface area contributed by atoms with E-state index in [1.54, 1.807) is 18.2 Å². The lowest BCUT2D eigenvalue weighted by Gasteiger charge is -2.24. The molecular formula is C22H33N3O6S. The second-order valence-electron chi connectivity index (χ2n) is 8.26. The number of nitrogens with one attached hydrogen (secondary N) is 3. The van der Waals surface area contributed by atoms with E-state index in [-0.39, 0.29) is 23.8 Å². The predicted octanol–water partition coefficient (Wildman–Crippen LogP) is 1.49. The number of hydrogen-bond donors (Lipinski definition) is 3. The molecule has 0 aliphatic carbocycles. The number of carbonyl (C=O) groups is 3. The fourth-order valence-electron chi connectivity index (χ4n) is 3.31. The summed E-state index contributed by atoms with van der Waals surface area (Å²) in [7, 11) is -3.96. The fourth-order valence-corrected chi connectivity index (χ4v) is 4.54. The van der Waals surface area contributed by atoms with Gasteiger partial charge in [0.15, 0.2) is 6.23 Å². The first-order chi connectivity index (χ1) is 15.2. The summed E-state index contributed by atoms with van der Waals surface area (Å²) in [6.45, 7) is 4.27. The van der Waals surface area contributed by atoms with Crippen LogP contribution in [0.25, 0.3) is 0 Å². The van der Waals surface area contributed by atoms with Crippen molar-refractivity contribution in [3.63, 3.8) is 0 Å². The average Bonchev–Trinajstić information content (AvgIpc) is 2.75. The van der Waals surface area contributed by atoms with Crippen molar-refractivity contribution in [3.8, 4) is 0 Å². The van der Waals surface area contributed by atoms with E-state index in [0.717, 1.165) is 25.7 Å². The van der Waals surface area contributed by atoms with Crippen LogP contribution < -0.4 is 15.4 Å². The van der Waals surface area contributed by atoms with Crippen LogP contribution in [0.3, 0.4) is 0 Å². The number of Topliss-reactive ketones (excluding diaryl/α,β-unsaturated/α-hetero) is 1. The van der Waals surface area contributed by atoms with Gasteiger partial charge in [-0.25, -0.2) is 8.42 Å². The van der Waals surface area contributed by atoms with Gasteiger partial charge in [-0.2, -0.15) is 4.72 Å². The molecule has 0 saturated carbocycles. The van der Waals surface area contributed by atoms with Gasteiger partial charge in [-0.3, -0.25) is 14.4 Å². The number of hydrogen-bond acceptors (Lipinski definition) is 6. The first-order valence-electron chi connectivity index (χ1n) is 11.0. The van der Waals surface area contributed by atoms with Gasteiger partial charge in [-0.15, -0.1) is 0 Å². The maximum atomic E-state index is 13.0. The second-order valence-corrected chi connectivity index (χ2v) is 9.98. The van der Waals surface area contributed by atoms with Crippen LogP contribution in [0.1, 0.15) is 52.4 Å². The van der Waals surface area contributed by atoms with Gasteiger partial charge in [0.25, 0.3) is 11.7 Å². The number of ketones is 1. The molecule has 1 aromatic carbocycles. The van der Waals surface area contributed by atoms with E-state index < -0.39 is 39.9 Å². The van der Waals surface area contributed by atoms with Gasteiger partial charge in [-0.1, -0.05) is 51.3 Å². The number of rotatable bonds is 7. The quantitative estimate of drug-likeness (QED) is 0.521. The van der Waals surface area contributed by atoms with Crippen LogP contribution in [0.5, 0.6) is 0 Å². The molecule has 1 saturated heterocycles. The Morgan fingerprint density at radius 3 is 2.44 bits per heavy atom. The lowest BCUT2D eigenvalue weighted by atomic mass is 10.0. The van der Waals surface area contributed by atoms with Gasteiger partial charge in [0.05, 0.1) is 4.90 Å². The molecule has 0 aromatic heterocycles. The molecule has 10 heteroatoms. The lowest BCUT2D eigenvalue weighted by Crippen LogP contribution is -2.55. The summed E-state index contributed by atoms with van der Waals surface area (Å²) in [6.07, 6.45) is 3.04. The van der Waals surface area contributed by atoms with Crippen molar-refractivity contribution in [3.05, 3.63) is 30.3 Å². The Bertz CT molecular complexity index is 873. The fraction of sp³-hybridized carbons (Fsp3) is 0.591. The van der Waals surface area contributed by atoms with E-state index in [2.05, 4.69) is 15.4 Å². The highest BCUT2D eigenvalue weighted by atomic mass is 32.2. The molecule has 0 spiro atoms. The van der Waals surface area contributed by atoms with Crippen LogP contribution in [-0.2, 0) is 29.1 Å². The van der Waals surface area contributed by atoms with Crippen molar-refractivity contribution in [2.45, 2.75) is 69.5 Å². The molecule has 1 aliphatic heterocycles. The molecule has 0 radical (unpaired) electrons. The van der Waals surface area contributed by atoms with E-state index in [1.165, 1.54) is 12.1 Å². The van der Waals surface area contributed by atoms with Crippen LogP contribution >= 0.6 is 0 Å². The lowest BCUT2D eigenvalue weighted by molar-refractivity contribution is -0.149. The minimum Gasteiger partial charge on any atom is -0.351 e. The first-order valence-corrected chi connectivity index (χ1v) is 12.5. The Morgan fingerprint density at radius 2 is 1.75 bits per heavy atom. The van der Waals surface area contributed by atoms with Crippen molar-refractivity contribution in [1.82, 2.24) is 15.4 Å². The number of sulfonamides is 1. The minimum atomic E-state index is -3.96. The van der Waals surface area contributed by atoms with E-state index in [9.17, 15) is 22.8 Å². The van der Waals surface area contributed by atoms with Gasteiger partial charge in [0.2, 0.25) is 15.9 Å². The van der Waals surface area contributed by atoms with E-state index in [1.807, 2.05) is 13.8 Å². The van der Waals surface area contributed by atoms with Gasteiger partial charge >= 0.3 is 0 Å². The Kier molecular flexibility index (Phi) is 10.3. The molecule has 0 bridgehead atoms. The SMILES string of the molecule is CC(C)CC(NS(=O)(=O)c1ccccc1)C(=O)NC1OCCCCCCCNC(=O)C1=O. The van der Waals surface area contributed by atoms with Gasteiger partial charge in [0, 0.05) is 13.2 Å². The molecule has 1 aliphatic rings. The molecule has 2 rings (SSSR count). The summed E-state index contributed by atoms with van der Waals surface area (Å²) in [5, 5.41) is 4.98. The normalized spacial score (nSPS) is 20.0. The van der Waals surface area contributed by atoms with Crippen molar-refractivity contribution in [2.24, 2.45) is 5.92 Å². The van der Waals surface area contributed by atoms with Crippen LogP contribution in [0.15, 0.2) is 35.2 Å². The Labute approximate surface area is 189 Å². The summed E-state index contributed by atoms with van der Waals surface area (Å²) in [5.41, 5.74) is 0. The Morgan fingerprint density at radius 1 is 1.09 bits per heavy atom. The summed E-state index contributed by atoms with van der Waals surface area (Å²) in [5.74, 6) is -2.48. The number of amides is 2.